The fraction of sp³-hybridized carbons (Fsp3) is 0.333. The number of hydrogen-bond acceptors (Lipinski definition) is 2. The maximum atomic E-state index is 2.34. The van der Waals surface area contributed by atoms with Gasteiger partial charge in [-0.15, -0.1) is 0 Å². The lowest BCUT2D eigenvalue weighted by Crippen LogP contribution is -2.14. The van der Waals surface area contributed by atoms with Crippen molar-refractivity contribution < 1.29 is 0 Å². The average Bonchev–Trinajstić information content (AvgIpc) is 2.43. The molecule has 0 unspecified atom stereocenters. The van der Waals surface area contributed by atoms with Crippen LogP contribution in [0.15, 0.2) is 39.8 Å². The van der Waals surface area contributed by atoms with Gasteiger partial charge in [0.1, 0.15) is 0 Å². The maximum absolute atomic E-state index is 2.34. The van der Waals surface area contributed by atoms with Crippen LogP contribution in [0, 0.1) is 0 Å². The SMILES string of the molecule is CN1C(=C2CCC2)Sc2ccccc21. The predicted octanol–water partition coefficient (Wildman–Crippen LogP) is 3.62. The largest absolute Gasteiger partial charge is 0.338 e. The lowest BCUT2D eigenvalue weighted by atomic mass is 9.93. The van der Waals surface area contributed by atoms with Crippen molar-refractivity contribution in [1.82, 2.24) is 0 Å². The third kappa shape index (κ3) is 1.10. The summed E-state index contributed by atoms with van der Waals surface area (Å²) in [5.41, 5.74) is 3.01. The van der Waals surface area contributed by atoms with Gasteiger partial charge in [0.25, 0.3) is 0 Å². The first-order valence-electron chi connectivity index (χ1n) is 5.09. The highest BCUT2D eigenvalue weighted by atomic mass is 32.2. The Labute approximate surface area is 88.8 Å². The molecule has 2 heteroatoms. The number of thioether (sulfide) groups is 1. The summed E-state index contributed by atoms with van der Waals surface area (Å²) in [5.74, 6) is 0. The molecule has 1 aromatic rings. The Morgan fingerprint density at radius 1 is 1.21 bits per heavy atom. The third-order valence-electron chi connectivity index (χ3n) is 3.00. The van der Waals surface area contributed by atoms with Crippen LogP contribution in [0.2, 0.25) is 0 Å². The Morgan fingerprint density at radius 2 is 2.00 bits per heavy atom. The van der Waals surface area contributed by atoms with Crippen LogP contribution in [0.1, 0.15) is 19.3 Å². The van der Waals surface area contributed by atoms with E-state index in [0.29, 0.717) is 0 Å². The van der Waals surface area contributed by atoms with Crippen molar-refractivity contribution in [3.8, 4) is 0 Å². The second kappa shape index (κ2) is 3.06. The number of rotatable bonds is 0. The molecule has 0 amide bonds. The van der Waals surface area contributed by atoms with E-state index in [0.717, 1.165) is 0 Å². The number of hydrogen-bond donors (Lipinski definition) is 0. The molecule has 0 radical (unpaired) electrons. The van der Waals surface area contributed by atoms with Crippen molar-refractivity contribution in [2.24, 2.45) is 0 Å². The van der Waals surface area contributed by atoms with Crippen molar-refractivity contribution in [3.63, 3.8) is 0 Å². The van der Waals surface area contributed by atoms with Crippen LogP contribution in [0.5, 0.6) is 0 Å². The number of allylic oxidation sites excluding steroid dienone is 1. The van der Waals surface area contributed by atoms with Gasteiger partial charge < -0.3 is 4.90 Å². The Balaban J connectivity index is 2.05. The number of para-hydroxylation sites is 1. The Bertz CT molecular complexity index is 403. The minimum atomic E-state index is 1.31. The van der Waals surface area contributed by atoms with Crippen molar-refractivity contribution in [3.05, 3.63) is 34.9 Å². The molecule has 2 aliphatic rings. The third-order valence-corrected chi connectivity index (χ3v) is 4.32. The normalized spacial score (nSPS) is 19.6. The van der Waals surface area contributed by atoms with E-state index >= 15 is 0 Å². The Hall–Kier alpha value is -0.890. The molecular weight excluding hydrogens is 190 g/mol. The Kier molecular flexibility index (Phi) is 1.84. The van der Waals surface area contributed by atoms with E-state index in [1.54, 1.807) is 5.57 Å². The highest BCUT2D eigenvalue weighted by Gasteiger charge is 2.26. The summed E-state index contributed by atoms with van der Waals surface area (Å²) in [4.78, 5) is 3.75. The molecule has 1 aliphatic carbocycles. The van der Waals surface area contributed by atoms with Crippen LogP contribution in [-0.4, -0.2) is 7.05 Å². The second-order valence-electron chi connectivity index (χ2n) is 3.89. The van der Waals surface area contributed by atoms with Gasteiger partial charge in [-0.3, -0.25) is 0 Å². The predicted molar refractivity (Wildman–Crippen MR) is 61.6 cm³/mol. The zero-order valence-electron chi connectivity index (χ0n) is 8.29. The first-order chi connectivity index (χ1) is 6.86. The number of benzene rings is 1. The van der Waals surface area contributed by atoms with E-state index in [-0.39, 0.29) is 0 Å². The van der Waals surface area contributed by atoms with Crippen molar-refractivity contribution in [2.75, 3.05) is 11.9 Å². The van der Waals surface area contributed by atoms with E-state index in [9.17, 15) is 0 Å². The van der Waals surface area contributed by atoms with Crippen molar-refractivity contribution in [1.29, 1.82) is 0 Å². The molecule has 0 bridgehead atoms. The molecule has 0 spiro atoms. The molecule has 1 heterocycles. The molecule has 1 aliphatic heterocycles. The van der Waals surface area contributed by atoms with Crippen LogP contribution >= 0.6 is 11.8 Å². The summed E-state index contributed by atoms with van der Waals surface area (Å²) in [7, 11) is 2.18. The molecular formula is C12H13NS. The van der Waals surface area contributed by atoms with E-state index in [2.05, 4.69) is 36.2 Å². The zero-order valence-corrected chi connectivity index (χ0v) is 9.10. The van der Waals surface area contributed by atoms with Crippen molar-refractivity contribution in [2.45, 2.75) is 24.2 Å². The van der Waals surface area contributed by atoms with Crippen LogP contribution in [0.3, 0.4) is 0 Å². The molecule has 1 aromatic carbocycles. The molecule has 0 atom stereocenters. The first-order valence-corrected chi connectivity index (χ1v) is 5.90. The Morgan fingerprint density at radius 3 is 2.64 bits per heavy atom. The molecule has 0 saturated heterocycles. The first kappa shape index (κ1) is 8.42. The fourth-order valence-corrected chi connectivity index (χ4v) is 3.23. The molecule has 3 rings (SSSR count). The van der Waals surface area contributed by atoms with Gasteiger partial charge >= 0.3 is 0 Å². The van der Waals surface area contributed by atoms with E-state index in [4.69, 9.17) is 0 Å². The van der Waals surface area contributed by atoms with Gasteiger partial charge in [-0.25, -0.2) is 0 Å². The fourth-order valence-electron chi connectivity index (χ4n) is 1.98. The monoisotopic (exact) mass is 203 g/mol. The molecule has 0 aromatic heterocycles. The number of anilines is 1. The zero-order chi connectivity index (χ0) is 9.54. The number of nitrogens with zero attached hydrogens (tertiary/aromatic N) is 1. The van der Waals surface area contributed by atoms with Crippen LogP contribution in [-0.2, 0) is 0 Å². The van der Waals surface area contributed by atoms with Gasteiger partial charge in [0.2, 0.25) is 0 Å². The summed E-state index contributed by atoms with van der Waals surface area (Å²) in [6.07, 6.45) is 3.99. The second-order valence-corrected chi connectivity index (χ2v) is 4.92. The van der Waals surface area contributed by atoms with E-state index in [1.165, 1.54) is 34.9 Å². The van der Waals surface area contributed by atoms with Crippen LogP contribution in [0.4, 0.5) is 5.69 Å². The molecule has 1 fully saturated rings. The van der Waals surface area contributed by atoms with Gasteiger partial charge in [0.05, 0.1) is 10.7 Å². The van der Waals surface area contributed by atoms with Gasteiger partial charge in [-0.05, 0) is 37.0 Å². The topological polar surface area (TPSA) is 3.24 Å². The van der Waals surface area contributed by atoms with E-state index < -0.39 is 0 Å². The summed E-state index contributed by atoms with van der Waals surface area (Å²) in [6, 6.07) is 8.65. The van der Waals surface area contributed by atoms with E-state index in [1.807, 2.05) is 11.8 Å². The lowest BCUT2D eigenvalue weighted by molar-refractivity contribution is 0.655. The molecule has 1 nitrogen and oxygen atoms in total. The van der Waals surface area contributed by atoms with Crippen LogP contribution < -0.4 is 4.90 Å². The van der Waals surface area contributed by atoms with Gasteiger partial charge in [0.15, 0.2) is 0 Å². The van der Waals surface area contributed by atoms with Gasteiger partial charge in [-0.1, -0.05) is 23.9 Å². The highest BCUT2D eigenvalue weighted by molar-refractivity contribution is 8.03. The smallest absolute Gasteiger partial charge is 0.0790 e. The highest BCUT2D eigenvalue weighted by Crippen LogP contribution is 2.48. The standard InChI is InChI=1S/C12H13NS/c1-13-10-7-2-3-8-11(10)14-12(13)9-5-4-6-9/h2-3,7-8H,4-6H2,1H3. The van der Waals surface area contributed by atoms with Crippen molar-refractivity contribution >= 4 is 17.4 Å². The van der Waals surface area contributed by atoms with Gasteiger partial charge in [-0.2, -0.15) is 0 Å². The minimum Gasteiger partial charge on any atom is -0.338 e. The summed E-state index contributed by atoms with van der Waals surface area (Å²) >= 11 is 1.93. The van der Waals surface area contributed by atoms with Crippen LogP contribution in [0.25, 0.3) is 0 Å². The molecule has 14 heavy (non-hydrogen) atoms. The quantitative estimate of drug-likeness (QED) is 0.633. The maximum Gasteiger partial charge on any atom is 0.0790 e. The molecule has 1 saturated carbocycles. The summed E-state index contributed by atoms with van der Waals surface area (Å²) in [5, 5.41) is 1.48. The average molecular weight is 203 g/mol. The lowest BCUT2D eigenvalue weighted by Gasteiger charge is -2.23. The van der Waals surface area contributed by atoms with Gasteiger partial charge in [0, 0.05) is 11.9 Å². The molecule has 72 valence electrons. The molecule has 0 N–H and O–H groups in total. The number of fused-ring (bicyclic) bond motifs is 1. The minimum absolute atomic E-state index is 1.31. The summed E-state index contributed by atoms with van der Waals surface area (Å²) in [6.45, 7) is 0. The summed E-state index contributed by atoms with van der Waals surface area (Å²) < 4.78 is 0.